The molecule has 0 spiro atoms. The van der Waals surface area contributed by atoms with Gasteiger partial charge in [-0.15, -0.1) is 0 Å². The predicted octanol–water partition coefficient (Wildman–Crippen LogP) is 5.41. The van der Waals surface area contributed by atoms with E-state index in [1.54, 1.807) is 0 Å². The van der Waals surface area contributed by atoms with Crippen molar-refractivity contribution in [3.8, 4) is 0 Å². The maximum atomic E-state index is 5.76. The second-order valence-electron chi connectivity index (χ2n) is 7.42. The molecular weight excluding hydrogens is 258 g/mol. The molecule has 2 nitrogen and oxygen atoms in total. The molecule has 0 aromatic carbocycles. The Hall–Kier alpha value is -0.0800. The topological polar surface area (TPSA) is 12.5 Å². The highest BCUT2D eigenvalue weighted by atomic mass is 16.5. The van der Waals surface area contributed by atoms with E-state index in [1.807, 2.05) is 0 Å². The summed E-state index contributed by atoms with van der Waals surface area (Å²) in [5.74, 6) is 0. The van der Waals surface area contributed by atoms with Gasteiger partial charge in [0.2, 0.25) is 0 Å². The van der Waals surface area contributed by atoms with Gasteiger partial charge in [-0.2, -0.15) is 0 Å². The molecule has 1 fully saturated rings. The fourth-order valence-electron chi connectivity index (χ4n) is 3.30. The van der Waals surface area contributed by atoms with Crippen molar-refractivity contribution < 1.29 is 4.74 Å². The summed E-state index contributed by atoms with van der Waals surface area (Å²) < 4.78 is 5.76. The molecule has 0 unspecified atom stereocenters. The summed E-state index contributed by atoms with van der Waals surface area (Å²) in [5, 5.41) is 0. The first-order chi connectivity index (χ1) is 10.1. The van der Waals surface area contributed by atoms with Crippen molar-refractivity contribution in [1.29, 1.82) is 0 Å². The lowest BCUT2D eigenvalue weighted by Gasteiger charge is -2.38. The molecule has 126 valence electrons. The van der Waals surface area contributed by atoms with Crippen molar-refractivity contribution in [2.75, 3.05) is 26.2 Å². The Morgan fingerprint density at radius 2 is 1.33 bits per heavy atom. The van der Waals surface area contributed by atoms with Crippen LogP contribution in [0.2, 0.25) is 0 Å². The van der Waals surface area contributed by atoms with Crippen molar-refractivity contribution in [2.24, 2.45) is 0 Å². The Balaban J connectivity index is 1.82. The molecule has 0 radical (unpaired) electrons. The molecule has 1 aliphatic rings. The standard InChI is InChI=1S/C19H39NO/c1-4-5-6-7-8-9-10-11-12-13-14-15-20-16-17-21-19(2,3)18-20/h4-18H2,1-3H3. The maximum absolute atomic E-state index is 5.76. The highest BCUT2D eigenvalue weighted by molar-refractivity contribution is 4.78. The van der Waals surface area contributed by atoms with Crippen LogP contribution in [-0.2, 0) is 4.74 Å². The Kier molecular flexibility index (Phi) is 10.4. The number of morpholine rings is 1. The van der Waals surface area contributed by atoms with E-state index in [1.165, 1.54) is 77.2 Å². The number of nitrogens with zero attached hydrogens (tertiary/aromatic N) is 1. The van der Waals surface area contributed by atoms with Crippen molar-refractivity contribution in [2.45, 2.75) is 97.0 Å². The number of hydrogen-bond donors (Lipinski definition) is 0. The summed E-state index contributed by atoms with van der Waals surface area (Å²) in [6, 6.07) is 0. The quantitative estimate of drug-likeness (QED) is 0.447. The number of hydrogen-bond acceptors (Lipinski definition) is 2. The minimum Gasteiger partial charge on any atom is -0.373 e. The lowest BCUT2D eigenvalue weighted by molar-refractivity contribution is -0.0861. The van der Waals surface area contributed by atoms with Crippen LogP contribution < -0.4 is 0 Å². The van der Waals surface area contributed by atoms with E-state index >= 15 is 0 Å². The highest BCUT2D eigenvalue weighted by Crippen LogP contribution is 2.17. The van der Waals surface area contributed by atoms with Gasteiger partial charge in [0.15, 0.2) is 0 Å². The molecular formula is C19H39NO. The third-order valence-corrected chi connectivity index (χ3v) is 4.58. The largest absolute Gasteiger partial charge is 0.373 e. The maximum Gasteiger partial charge on any atom is 0.0753 e. The smallest absolute Gasteiger partial charge is 0.0753 e. The first-order valence-corrected chi connectivity index (χ1v) is 9.50. The van der Waals surface area contributed by atoms with Crippen LogP contribution in [0.5, 0.6) is 0 Å². The fraction of sp³-hybridized carbons (Fsp3) is 1.00. The van der Waals surface area contributed by atoms with E-state index in [-0.39, 0.29) is 5.60 Å². The summed E-state index contributed by atoms with van der Waals surface area (Å²) in [7, 11) is 0. The third kappa shape index (κ3) is 10.3. The van der Waals surface area contributed by atoms with Crippen molar-refractivity contribution in [3.63, 3.8) is 0 Å². The van der Waals surface area contributed by atoms with Crippen molar-refractivity contribution in [1.82, 2.24) is 4.90 Å². The molecule has 2 heteroatoms. The van der Waals surface area contributed by atoms with E-state index < -0.39 is 0 Å². The molecule has 0 aliphatic carbocycles. The van der Waals surface area contributed by atoms with Gasteiger partial charge in [-0.05, 0) is 26.8 Å². The summed E-state index contributed by atoms with van der Waals surface area (Å²) in [4.78, 5) is 2.58. The van der Waals surface area contributed by atoms with Crippen LogP contribution in [0.4, 0.5) is 0 Å². The molecule has 0 saturated carbocycles. The zero-order valence-electron chi connectivity index (χ0n) is 15.0. The Bertz CT molecular complexity index is 240. The van der Waals surface area contributed by atoms with Gasteiger partial charge in [-0.3, -0.25) is 4.90 Å². The Labute approximate surface area is 133 Å². The van der Waals surface area contributed by atoms with Crippen LogP contribution >= 0.6 is 0 Å². The minimum atomic E-state index is 0.0655. The molecule has 0 bridgehead atoms. The first kappa shape index (κ1) is 19.0. The van der Waals surface area contributed by atoms with E-state index in [9.17, 15) is 0 Å². The summed E-state index contributed by atoms with van der Waals surface area (Å²) >= 11 is 0. The van der Waals surface area contributed by atoms with Crippen molar-refractivity contribution in [3.05, 3.63) is 0 Å². The van der Waals surface area contributed by atoms with Crippen LogP contribution in [0, 0.1) is 0 Å². The molecule has 1 rings (SSSR count). The zero-order chi connectivity index (χ0) is 15.4. The van der Waals surface area contributed by atoms with E-state index in [0.717, 1.165) is 19.7 Å². The van der Waals surface area contributed by atoms with Gasteiger partial charge >= 0.3 is 0 Å². The van der Waals surface area contributed by atoms with Gasteiger partial charge in [0.1, 0.15) is 0 Å². The molecule has 0 aromatic heterocycles. The first-order valence-electron chi connectivity index (χ1n) is 9.50. The molecule has 0 atom stereocenters. The molecule has 1 saturated heterocycles. The van der Waals surface area contributed by atoms with Gasteiger partial charge in [-0.25, -0.2) is 0 Å². The zero-order valence-corrected chi connectivity index (χ0v) is 15.0. The fourth-order valence-corrected chi connectivity index (χ4v) is 3.30. The summed E-state index contributed by atoms with van der Waals surface area (Å²) in [6.45, 7) is 11.1. The van der Waals surface area contributed by atoms with Crippen LogP contribution in [0.1, 0.15) is 91.4 Å². The van der Waals surface area contributed by atoms with Gasteiger partial charge in [0.25, 0.3) is 0 Å². The normalized spacial score (nSPS) is 19.0. The predicted molar refractivity (Wildman–Crippen MR) is 92.9 cm³/mol. The lowest BCUT2D eigenvalue weighted by atomic mass is 10.0. The van der Waals surface area contributed by atoms with Crippen molar-refractivity contribution >= 4 is 0 Å². The van der Waals surface area contributed by atoms with Gasteiger partial charge in [0.05, 0.1) is 12.2 Å². The lowest BCUT2D eigenvalue weighted by Crippen LogP contribution is -2.48. The average Bonchev–Trinajstić information content (AvgIpc) is 2.44. The van der Waals surface area contributed by atoms with Crippen LogP contribution in [-0.4, -0.2) is 36.7 Å². The van der Waals surface area contributed by atoms with Gasteiger partial charge < -0.3 is 4.74 Å². The summed E-state index contributed by atoms with van der Waals surface area (Å²) in [5.41, 5.74) is 0.0655. The second-order valence-corrected chi connectivity index (χ2v) is 7.42. The molecule has 0 amide bonds. The highest BCUT2D eigenvalue weighted by Gasteiger charge is 2.26. The van der Waals surface area contributed by atoms with Gasteiger partial charge in [0, 0.05) is 13.1 Å². The van der Waals surface area contributed by atoms with Gasteiger partial charge in [-0.1, -0.05) is 71.1 Å². The Morgan fingerprint density at radius 3 is 1.86 bits per heavy atom. The Morgan fingerprint density at radius 1 is 0.810 bits per heavy atom. The average molecular weight is 298 g/mol. The van der Waals surface area contributed by atoms with E-state index in [2.05, 4.69) is 25.7 Å². The van der Waals surface area contributed by atoms with Crippen LogP contribution in [0.25, 0.3) is 0 Å². The second kappa shape index (κ2) is 11.5. The number of rotatable bonds is 12. The van der Waals surface area contributed by atoms with E-state index in [0.29, 0.717) is 0 Å². The molecule has 21 heavy (non-hydrogen) atoms. The van der Waals surface area contributed by atoms with Crippen LogP contribution in [0.3, 0.4) is 0 Å². The summed E-state index contributed by atoms with van der Waals surface area (Å²) in [6.07, 6.45) is 15.7. The molecule has 1 heterocycles. The monoisotopic (exact) mass is 297 g/mol. The molecule has 0 aromatic rings. The SMILES string of the molecule is CCCCCCCCCCCCCN1CCOC(C)(C)C1. The van der Waals surface area contributed by atoms with E-state index in [4.69, 9.17) is 4.74 Å². The van der Waals surface area contributed by atoms with Crippen LogP contribution in [0.15, 0.2) is 0 Å². The third-order valence-electron chi connectivity index (χ3n) is 4.58. The minimum absolute atomic E-state index is 0.0655. The molecule has 0 N–H and O–H groups in total. The number of ether oxygens (including phenoxy) is 1. The molecule has 1 aliphatic heterocycles. The number of unbranched alkanes of at least 4 members (excludes halogenated alkanes) is 10.